The highest BCUT2D eigenvalue weighted by Gasteiger charge is 2.38. The Morgan fingerprint density at radius 2 is 1.79 bits per heavy atom. The molecule has 0 aliphatic carbocycles. The predicted octanol–water partition coefficient (Wildman–Crippen LogP) is -0.856. The van der Waals surface area contributed by atoms with Crippen LogP contribution in [0.15, 0.2) is 0 Å². The Bertz CT molecular complexity index is 135. The van der Waals surface area contributed by atoms with E-state index in [-0.39, 0.29) is 19.8 Å². The van der Waals surface area contributed by atoms with Crippen molar-refractivity contribution in [2.24, 2.45) is 0 Å². The lowest BCUT2D eigenvalue weighted by Gasteiger charge is -2.36. The Hall–Kier alpha value is -0.200. The summed E-state index contributed by atoms with van der Waals surface area (Å²) in [6, 6.07) is 0. The zero-order valence-electron chi connectivity index (χ0n) is 8.77. The predicted molar refractivity (Wildman–Crippen MR) is 51.0 cm³/mol. The molecule has 0 aromatic heterocycles. The maximum atomic E-state index is 9.19. The van der Waals surface area contributed by atoms with E-state index < -0.39 is 11.7 Å². The third-order valence-corrected chi connectivity index (χ3v) is 2.23. The number of hydrogen-bond acceptors (Lipinski definition) is 5. The maximum absolute atomic E-state index is 9.19. The van der Waals surface area contributed by atoms with Gasteiger partial charge in [0.25, 0.3) is 0 Å². The summed E-state index contributed by atoms with van der Waals surface area (Å²) in [7, 11) is 1.46. The molecule has 5 heteroatoms. The smallest absolute Gasteiger partial charge is 0.140 e. The number of ether oxygens (including phenoxy) is 2. The first-order chi connectivity index (χ1) is 6.70. The Morgan fingerprint density at radius 1 is 1.21 bits per heavy atom. The second-order valence-electron chi connectivity index (χ2n) is 3.05. The molecule has 0 heterocycles. The van der Waals surface area contributed by atoms with E-state index in [1.807, 2.05) is 0 Å². The minimum absolute atomic E-state index is 0.0761. The fourth-order valence-corrected chi connectivity index (χ4v) is 1.44. The Kier molecular flexibility index (Phi) is 7.04. The molecule has 0 saturated heterocycles. The molecular weight excluding hydrogens is 188 g/mol. The molecule has 0 aliphatic rings. The van der Waals surface area contributed by atoms with Crippen molar-refractivity contribution >= 4 is 0 Å². The summed E-state index contributed by atoms with van der Waals surface area (Å²) in [5.41, 5.74) is -1.12. The van der Waals surface area contributed by atoms with E-state index in [1.165, 1.54) is 7.11 Å². The first-order valence-electron chi connectivity index (χ1n) is 4.70. The largest absolute Gasteiger partial charge is 0.396 e. The third-order valence-electron chi connectivity index (χ3n) is 2.23. The molecule has 0 radical (unpaired) electrons. The van der Waals surface area contributed by atoms with Gasteiger partial charge in [-0.2, -0.15) is 0 Å². The lowest BCUT2D eigenvalue weighted by molar-refractivity contribution is -0.178. The molecule has 0 saturated carbocycles. The second kappa shape index (κ2) is 7.14. The van der Waals surface area contributed by atoms with Crippen molar-refractivity contribution in [2.45, 2.75) is 25.0 Å². The quantitative estimate of drug-likeness (QED) is 0.484. The van der Waals surface area contributed by atoms with E-state index in [0.29, 0.717) is 13.0 Å². The molecule has 0 aromatic rings. The van der Waals surface area contributed by atoms with Gasteiger partial charge in [0.2, 0.25) is 0 Å². The van der Waals surface area contributed by atoms with Crippen LogP contribution in [0.1, 0.15) is 13.3 Å². The van der Waals surface area contributed by atoms with E-state index in [4.69, 9.17) is 14.6 Å². The zero-order chi connectivity index (χ0) is 11.0. The van der Waals surface area contributed by atoms with Gasteiger partial charge in [0.1, 0.15) is 5.60 Å². The van der Waals surface area contributed by atoms with Gasteiger partial charge in [-0.15, -0.1) is 0 Å². The van der Waals surface area contributed by atoms with Crippen LogP contribution < -0.4 is 0 Å². The molecular formula is C9H20O5. The van der Waals surface area contributed by atoms with Gasteiger partial charge < -0.3 is 24.8 Å². The first kappa shape index (κ1) is 13.8. The lowest BCUT2D eigenvalue weighted by Crippen LogP contribution is -2.52. The SMILES string of the molecule is CCOC(CO)(CO)C(CCO)OC. The summed E-state index contributed by atoms with van der Waals surface area (Å²) in [6.07, 6.45) is -0.195. The number of aliphatic hydroxyl groups is 3. The minimum atomic E-state index is -1.12. The molecule has 0 rings (SSSR count). The summed E-state index contributed by atoms with van der Waals surface area (Å²) >= 11 is 0. The standard InChI is InChI=1S/C9H20O5/c1-3-14-9(6-11,7-12)8(13-2)4-5-10/h8,10-12H,3-7H2,1-2H3. The summed E-state index contributed by atoms with van der Waals surface area (Å²) < 4.78 is 10.4. The molecule has 0 spiro atoms. The highest BCUT2D eigenvalue weighted by Crippen LogP contribution is 2.20. The van der Waals surface area contributed by atoms with Crippen molar-refractivity contribution in [2.75, 3.05) is 33.5 Å². The van der Waals surface area contributed by atoms with Crippen LogP contribution in [0.4, 0.5) is 0 Å². The highest BCUT2D eigenvalue weighted by molar-refractivity contribution is 4.88. The fourth-order valence-electron chi connectivity index (χ4n) is 1.44. The molecule has 1 unspecified atom stereocenters. The summed E-state index contributed by atoms with van der Waals surface area (Å²) in [5, 5.41) is 27.2. The molecule has 86 valence electrons. The van der Waals surface area contributed by atoms with Crippen molar-refractivity contribution < 1.29 is 24.8 Å². The number of hydrogen-bond donors (Lipinski definition) is 3. The summed E-state index contributed by atoms with van der Waals surface area (Å²) in [4.78, 5) is 0. The Morgan fingerprint density at radius 3 is 2.07 bits per heavy atom. The van der Waals surface area contributed by atoms with Gasteiger partial charge in [0, 0.05) is 20.3 Å². The molecule has 14 heavy (non-hydrogen) atoms. The average Bonchev–Trinajstić information content (AvgIpc) is 2.23. The van der Waals surface area contributed by atoms with E-state index in [1.54, 1.807) is 6.92 Å². The van der Waals surface area contributed by atoms with Gasteiger partial charge in [-0.3, -0.25) is 0 Å². The Balaban J connectivity index is 4.54. The van der Waals surface area contributed by atoms with Crippen LogP contribution in [0.25, 0.3) is 0 Å². The van der Waals surface area contributed by atoms with E-state index in [9.17, 15) is 10.2 Å². The zero-order valence-corrected chi connectivity index (χ0v) is 8.77. The van der Waals surface area contributed by atoms with Crippen LogP contribution in [0.3, 0.4) is 0 Å². The van der Waals surface area contributed by atoms with Gasteiger partial charge in [-0.25, -0.2) is 0 Å². The lowest BCUT2D eigenvalue weighted by atomic mass is 9.95. The average molecular weight is 208 g/mol. The molecule has 5 nitrogen and oxygen atoms in total. The molecule has 0 bridgehead atoms. The fraction of sp³-hybridized carbons (Fsp3) is 1.00. The topological polar surface area (TPSA) is 79.2 Å². The van der Waals surface area contributed by atoms with Crippen molar-refractivity contribution in [3.8, 4) is 0 Å². The monoisotopic (exact) mass is 208 g/mol. The van der Waals surface area contributed by atoms with E-state index in [2.05, 4.69) is 0 Å². The Labute approximate surface area is 84.3 Å². The third kappa shape index (κ3) is 3.18. The minimum Gasteiger partial charge on any atom is -0.396 e. The van der Waals surface area contributed by atoms with Crippen molar-refractivity contribution in [1.82, 2.24) is 0 Å². The molecule has 3 N–H and O–H groups in total. The van der Waals surface area contributed by atoms with Crippen LogP contribution in [-0.4, -0.2) is 60.6 Å². The van der Waals surface area contributed by atoms with Crippen LogP contribution in [0, 0.1) is 0 Å². The second-order valence-corrected chi connectivity index (χ2v) is 3.05. The van der Waals surface area contributed by atoms with Gasteiger partial charge in [-0.05, 0) is 13.3 Å². The van der Waals surface area contributed by atoms with Gasteiger partial charge in [-0.1, -0.05) is 0 Å². The highest BCUT2D eigenvalue weighted by atomic mass is 16.6. The summed E-state index contributed by atoms with van der Waals surface area (Å²) in [6.45, 7) is 1.39. The number of rotatable bonds is 8. The molecule has 0 aromatic carbocycles. The molecule has 0 fully saturated rings. The van der Waals surface area contributed by atoms with E-state index >= 15 is 0 Å². The maximum Gasteiger partial charge on any atom is 0.140 e. The van der Waals surface area contributed by atoms with E-state index in [0.717, 1.165) is 0 Å². The van der Waals surface area contributed by atoms with Gasteiger partial charge in [0.15, 0.2) is 0 Å². The van der Waals surface area contributed by atoms with Crippen LogP contribution in [0.2, 0.25) is 0 Å². The van der Waals surface area contributed by atoms with Crippen LogP contribution >= 0.6 is 0 Å². The number of methoxy groups -OCH3 is 1. The van der Waals surface area contributed by atoms with Crippen molar-refractivity contribution in [1.29, 1.82) is 0 Å². The summed E-state index contributed by atoms with van der Waals surface area (Å²) in [5.74, 6) is 0. The molecule has 1 atom stereocenters. The number of aliphatic hydroxyl groups excluding tert-OH is 3. The van der Waals surface area contributed by atoms with Crippen LogP contribution in [-0.2, 0) is 9.47 Å². The molecule has 0 aliphatic heterocycles. The molecule has 0 amide bonds. The van der Waals surface area contributed by atoms with Crippen molar-refractivity contribution in [3.63, 3.8) is 0 Å². The van der Waals surface area contributed by atoms with Gasteiger partial charge in [0.05, 0.1) is 19.3 Å². The normalized spacial score (nSPS) is 14.4. The van der Waals surface area contributed by atoms with Crippen LogP contribution in [0.5, 0.6) is 0 Å². The van der Waals surface area contributed by atoms with Gasteiger partial charge >= 0.3 is 0 Å². The first-order valence-corrected chi connectivity index (χ1v) is 4.70. The van der Waals surface area contributed by atoms with Crippen molar-refractivity contribution in [3.05, 3.63) is 0 Å².